The summed E-state index contributed by atoms with van der Waals surface area (Å²) in [5, 5.41) is 7.23. The highest BCUT2D eigenvalue weighted by Gasteiger charge is 2.26. The summed E-state index contributed by atoms with van der Waals surface area (Å²) < 4.78 is 1.68. The molecule has 0 unspecified atom stereocenters. The van der Waals surface area contributed by atoms with Gasteiger partial charge in [0.05, 0.1) is 29.5 Å². The molecule has 1 aromatic carbocycles. The van der Waals surface area contributed by atoms with Crippen molar-refractivity contribution in [3.63, 3.8) is 0 Å². The molecule has 3 aromatic heterocycles. The Bertz CT molecular complexity index is 1060. The predicted molar refractivity (Wildman–Crippen MR) is 92.2 cm³/mol. The van der Waals surface area contributed by atoms with E-state index in [2.05, 4.69) is 25.4 Å². The highest BCUT2D eigenvalue weighted by molar-refractivity contribution is 5.92. The number of fused-ring (bicyclic) bond motifs is 2. The van der Waals surface area contributed by atoms with Gasteiger partial charge in [0.2, 0.25) is 0 Å². The first-order chi connectivity index (χ1) is 12.3. The van der Waals surface area contributed by atoms with E-state index < -0.39 is 0 Å². The second-order valence-electron chi connectivity index (χ2n) is 6.34. The molecule has 0 atom stereocenters. The maximum absolute atomic E-state index is 12.4. The number of carbonyl (C=O) groups excluding carboxylic acids is 1. The molecule has 0 bridgehead atoms. The van der Waals surface area contributed by atoms with Crippen LogP contribution in [0.15, 0.2) is 42.6 Å². The van der Waals surface area contributed by atoms with Crippen LogP contribution in [0.2, 0.25) is 0 Å². The van der Waals surface area contributed by atoms with Crippen LogP contribution in [-0.4, -0.2) is 30.5 Å². The van der Waals surface area contributed by atoms with Crippen molar-refractivity contribution in [2.24, 2.45) is 0 Å². The maximum Gasteiger partial charge on any atom is 0.272 e. The smallest absolute Gasteiger partial charge is 0.272 e. The Morgan fingerprint density at radius 2 is 2.08 bits per heavy atom. The van der Waals surface area contributed by atoms with Gasteiger partial charge in [0, 0.05) is 5.92 Å². The number of benzene rings is 1. The maximum atomic E-state index is 12.4. The van der Waals surface area contributed by atoms with Gasteiger partial charge in [-0.2, -0.15) is 5.10 Å². The number of aromatic amines is 1. The summed E-state index contributed by atoms with van der Waals surface area (Å²) in [6.07, 6.45) is 4.30. The van der Waals surface area contributed by atoms with Gasteiger partial charge in [-0.25, -0.2) is 14.5 Å². The molecule has 7 nitrogen and oxygen atoms in total. The molecule has 0 saturated heterocycles. The average molecular weight is 332 g/mol. The minimum absolute atomic E-state index is 0.232. The summed E-state index contributed by atoms with van der Waals surface area (Å²) in [5.41, 5.74) is 4.04. The van der Waals surface area contributed by atoms with Gasteiger partial charge in [-0.05, 0) is 37.1 Å². The van der Waals surface area contributed by atoms with Crippen LogP contribution < -0.4 is 5.32 Å². The molecule has 4 aromatic rings. The van der Waals surface area contributed by atoms with E-state index in [0.29, 0.717) is 24.0 Å². The summed E-state index contributed by atoms with van der Waals surface area (Å²) in [5.74, 6) is 1.05. The Balaban J connectivity index is 1.33. The van der Waals surface area contributed by atoms with Crippen molar-refractivity contribution in [2.75, 3.05) is 0 Å². The first-order valence-electron chi connectivity index (χ1n) is 8.34. The fraction of sp³-hybridized carbons (Fsp3) is 0.222. The number of aromatic nitrogens is 5. The number of amides is 1. The topological polar surface area (TPSA) is 88.0 Å². The van der Waals surface area contributed by atoms with E-state index in [9.17, 15) is 4.79 Å². The normalized spacial score (nSPS) is 14.2. The zero-order valence-corrected chi connectivity index (χ0v) is 13.4. The highest BCUT2D eigenvalue weighted by Crippen LogP contribution is 2.39. The third kappa shape index (κ3) is 2.63. The van der Waals surface area contributed by atoms with Gasteiger partial charge in [-0.3, -0.25) is 4.79 Å². The van der Waals surface area contributed by atoms with Gasteiger partial charge < -0.3 is 10.3 Å². The van der Waals surface area contributed by atoms with Crippen LogP contribution in [0.3, 0.4) is 0 Å². The second kappa shape index (κ2) is 5.41. The van der Waals surface area contributed by atoms with E-state index in [0.717, 1.165) is 22.4 Å². The van der Waals surface area contributed by atoms with E-state index in [-0.39, 0.29) is 5.91 Å². The van der Waals surface area contributed by atoms with E-state index >= 15 is 0 Å². The molecule has 0 radical (unpaired) electrons. The Kier molecular flexibility index (Phi) is 3.06. The number of hydrogen-bond acceptors (Lipinski definition) is 4. The van der Waals surface area contributed by atoms with Crippen molar-refractivity contribution in [3.05, 3.63) is 59.8 Å². The number of imidazole rings is 2. The van der Waals surface area contributed by atoms with Crippen molar-refractivity contribution in [2.45, 2.75) is 25.3 Å². The molecular formula is C18H16N6O. The van der Waals surface area contributed by atoms with Gasteiger partial charge in [-0.1, -0.05) is 12.1 Å². The first kappa shape index (κ1) is 14.2. The quantitative estimate of drug-likeness (QED) is 0.601. The molecule has 124 valence electrons. The van der Waals surface area contributed by atoms with Crippen LogP contribution in [0.1, 0.15) is 40.8 Å². The van der Waals surface area contributed by atoms with Gasteiger partial charge in [-0.15, -0.1) is 0 Å². The monoisotopic (exact) mass is 332 g/mol. The molecule has 2 N–H and O–H groups in total. The molecule has 1 aliphatic rings. The minimum Gasteiger partial charge on any atom is -0.343 e. The van der Waals surface area contributed by atoms with Gasteiger partial charge >= 0.3 is 0 Å². The van der Waals surface area contributed by atoms with E-state index in [1.54, 1.807) is 10.6 Å². The standard InChI is InChI=1S/C18H16N6O/c25-18(19-9-16-20-12-3-1-2-4-13(12)21-16)14-7-8-17-22-15(11-5-6-11)10-24(17)23-14/h1-4,7-8,10-11H,5-6,9H2,(H,19,25)(H,20,21). The van der Waals surface area contributed by atoms with Gasteiger partial charge in [0.15, 0.2) is 5.65 Å². The van der Waals surface area contributed by atoms with Crippen LogP contribution in [0, 0.1) is 0 Å². The molecule has 1 amide bonds. The van der Waals surface area contributed by atoms with Crippen LogP contribution >= 0.6 is 0 Å². The zero-order chi connectivity index (χ0) is 16.8. The van der Waals surface area contributed by atoms with Crippen molar-refractivity contribution in [1.29, 1.82) is 0 Å². The number of carbonyl (C=O) groups is 1. The van der Waals surface area contributed by atoms with Gasteiger partial charge in [0.25, 0.3) is 5.91 Å². The van der Waals surface area contributed by atoms with Crippen molar-refractivity contribution in [3.8, 4) is 0 Å². The molecule has 1 fully saturated rings. The Labute approximate surface area is 143 Å². The van der Waals surface area contributed by atoms with E-state index in [1.807, 2.05) is 36.5 Å². The van der Waals surface area contributed by atoms with Crippen LogP contribution in [0.5, 0.6) is 0 Å². The predicted octanol–water partition coefficient (Wildman–Crippen LogP) is 2.41. The van der Waals surface area contributed by atoms with E-state index in [4.69, 9.17) is 0 Å². The molecule has 7 heteroatoms. The number of hydrogen-bond donors (Lipinski definition) is 2. The molecule has 1 aliphatic carbocycles. The second-order valence-corrected chi connectivity index (χ2v) is 6.34. The molecular weight excluding hydrogens is 316 g/mol. The number of H-pyrrole nitrogens is 1. The number of nitrogens with zero attached hydrogens (tertiary/aromatic N) is 4. The summed E-state index contributed by atoms with van der Waals surface area (Å²) in [7, 11) is 0. The fourth-order valence-electron chi connectivity index (χ4n) is 2.94. The van der Waals surface area contributed by atoms with Crippen LogP contribution in [0.4, 0.5) is 0 Å². The number of nitrogens with one attached hydrogen (secondary N) is 2. The third-order valence-corrected chi connectivity index (χ3v) is 4.42. The van der Waals surface area contributed by atoms with Crippen LogP contribution in [-0.2, 0) is 6.54 Å². The lowest BCUT2D eigenvalue weighted by molar-refractivity contribution is 0.0943. The first-order valence-corrected chi connectivity index (χ1v) is 8.34. The van der Waals surface area contributed by atoms with E-state index in [1.165, 1.54) is 12.8 Å². The fourth-order valence-corrected chi connectivity index (χ4v) is 2.94. The molecule has 25 heavy (non-hydrogen) atoms. The Morgan fingerprint density at radius 3 is 2.92 bits per heavy atom. The molecule has 0 aliphatic heterocycles. The SMILES string of the molecule is O=C(NCc1nc2ccccc2[nH]1)c1ccc2nc(C3CC3)cn2n1. The zero-order valence-electron chi connectivity index (χ0n) is 13.4. The molecule has 0 spiro atoms. The molecule has 3 heterocycles. The minimum atomic E-state index is -0.232. The highest BCUT2D eigenvalue weighted by atomic mass is 16.1. The average Bonchev–Trinajstić information content (AvgIpc) is 3.26. The molecule has 5 rings (SSSR count). The largest absolute Gasteiger partial charge is 0.343 e. The van der Waals surface area contributed by atoms with Crippen molar-refractivity contribution >= 4 is 22.6 Å². The third-order valence-electron chi connectivity index (χ3n) is 4.42. The van der Waals surface area contributed by atoms with Gasteiger partial charge in [0.1, 0.15) is 11.5 Å². The Morgan fingerprint density at radius 1 is 1.20 bits per heavy atom. The lowest BCUT2D eigenvalue weighted by atomic mass is 10.3. The lowest BCUT2D eigenvalue weighted by Crippen LogP contribution is -2.25. The summed E-state index contributed by atoms with van der Waals surface area (Å²) in [4.78, 5) is 24.6. The summed E-state index contributed by atoms with van der Waals surface area (Å²) in [6, 6.07) is 11.3. The number of rotatable bonds is 4. The Hall–Kier alpha value is -3.22. The van der Waals surface area contributed by atoms with Crippen molar-refractivity contribution < 1.29 is 4.79 Å². The lowest BCUT2D eigenvalue weighted by Gasteiger charge is -2.03. The number of para-hydroxylation sites is 2. The summed E-state index contributed by atoms with van der Waals surface area (Å²) >= 11 is 0. The summed E-state index contributed by atoms with van der Waals surface area (Å²) in [6.45, 7) is 0.324. The molecule has 1 saturated carbocycles. The van der Waals surface area contributed by atoms with Crippen molar-refractivity contribution in [1.82, 2.24) is 29.9 Å². The van der Waals surface area contributed by atoms with Crippen LogP contribution in [0.25, 0.3) is 16.7 Å².